The summed E-state index contributed by atoms with van der Waals surface area (Å²) >= 11 is 1.21. The van der Waals surface area contributed by atoms with Crippen molar-refractivity contribution in [2.75, 3.05) is 31.1 Å². The molecule has 0 spiro atoms. The van der Waals surface area contributed by atoms with Crippen molar-refractivity contribution in [3.8, 4) is 22.9 Å². The predicted molar refractivity (Wildman–Crippen MR) is 109 cm³/mol. The highest BCUT2D eigenvalue weighted by atomic mass is 32.2. The van der Waals surface area contributed by atoms with Crippen LogP contribution in [0.2, 0.25) is 0 Å². The van der Waals surface area contributed by atoms with Gasteiger partial charge in [0, 0.05) is 17.3 Å². The average molecular weight is 399 g/mol. The number of thioether (sulfide) groups is 1. The van der Waals surface area contributed by atoms with E-state index >= 15 is 0 Å². The summed E-state index contributed by atoms with van der Waals surface area (Å²) in [5.41, 5.74) is 2.58. The van der Waals surface area contributed by atoms with Crippen molar-refractivity contribution in [2.24, 2.45) is 0 Å². The highest BCUT2D eigenvalue weighted by Crippen LogP contribution is 2.30. The van der Waals surface area contributed by atoms with Gasteiger partial charge in [0.15, 0.2) is 17.3 Å². The number of nitrogens with one attached hydrogen (secondary N) is 1. The number of carbonyl (C=O) groups excluding carboxylic acids is 1. The third-order valence-corrected chi connectivity index (χ3v) is 4.88. The van der Waals surface area contributed by atoms with Crippen LogP contribution in [-0.2, 0) is 4.79 Å². The van der Waals surface area contributed by atoms with Crippen molar-refractivity contribution in [1.82, 2.24) is 14.9 Å². The molecule has 0 aliphatic heterocycles. The zero-order valence-corrected chi connectivity index (χ0v) is 16.6. The maximum atomic E-state index is 12.3. The van der Waals surface area contributed by atoms with Crippen molar-refractivity contribution in [1.29, 1.82) is 0 Å². The Hall–Kier alpha value is -3.20. The van der Waals surface area contributed by atoms with E-state index in [9.17, 15) is 4.79 Å². The van der Waals surface area contributed by atoms with Crippen LogP contribution >= 0.6 is 11.8 Å². The van der Waals surface area contributed by atoms with Crippen LogP contribution in [0.1, 0.15) is 5.56 Å². The molecule has 0 aliphatic carbocycles. The normalized spacial score (nSPS) is 10.5. The minimum Gasteiger partial charge on any atom is -0.493 e. The number of nitrogen functional groups attached to an aromatic ring is 1. The number of hydrogen-bond donors (Lipinski definition) is 2. The summed E-state index contributed by atoms with van der Waals surface area (Å²) in [6, 6.07) is 13.0. The predicted octanol–water partition coefficient (Wildman–Crippen LogP) is 2.72. The minimum absolute atomic E-state index is 0.136. The van der Waals surface area contributed by atoms with Crippen LogP contribution in [0, 0.1) is 6.92 Å². The highest BCUT2D eigenvalue weighted by molar-refractivity contribution is 7.99. The second kappa shape index (κ2) is 8.66. The maximum absolute atomic E-state index is 12.3. The van der Waals surface area contributed by atoms with Crippen LogP contribution in [0.15, 0.2) is 47.6 Å². The van der Waals surface area contributed by atoms with Gasteiger partial charge in [-0.1, -0.05) is 35.5 Å². The van der Waals surface area contributed by atoms with Crippen LogP contribution in [0.4, 0.5) is 5.69 Å². The standard InChI is InChI=1S/C19H21N5O3S/c1-12-5-4-6-13(9-12)18-22-23-19(24(18)20)28-11-17(25)21-14-7-8-15(26-2)16(10-14)27-3/h4-10H,11,20H2,1-3H3,(H,21,25). The lowest BCUT2D eigenvalue weighted by atomic mass is 10.1. The molecule has 0 fully saturated rings. The van der Waals surface area contributed by atoms with Crippen molar-refractivity contribution in [2.45, 2.75) is 12.1 Å². The summed E-state index contributed by atoms with van der Waals surface area (Å²) in [5, 5.41) is 11.5. The Morgan fingerprint density at radius 3 is 2.64 bits per heavy atom. The number of hydrogen-bond acceptors (Lipinski definition) is 7. The van der Waals surface area contributed by atoms with Gasteiger partial charge in [-0.15, -0.1) is 10.2 Å². The van der Waals surface area contributed by atoms with Gasteiger partial charge in [-0.2, -0.15) is 0 Å². The summed E-state index contributed by atoms with van der Waals surface area (Å²) in [4.78, 5) is 12.3. The van der Waals surface area contributed by atoms with E-state index < -0.39 is 0 Å². The van der Waals surface area contributed by atoms with Crippen molar-refractivity contribution in [3.05, 3.63) is 48.0 Å². The third-order valence-electron chi connectivity index (χ3n) is 3.94. The molecule has 0 saturated heterocycles. The molecule has 3 N–H and O–H groups in total. The lowest BCUT2D eigenvalue weighted by Crippen LogP contribution is -2.16. The van der Waals surface area contributed by atoms with Crippen LogP contribution in [-0.4, -0.2) is 40.8 Å². The van der Waals surface area contributed by atoms with E-state index in [4.69, 9.17) is 15.3 Å². The zero-order valence-electron chi connectivity index (χ0n) is 15.8. The molecule has 0 atom stereocenters. The Morgan fingerprint density at radius 1 is 1.14 bits per heavy atom. The number of anilines is 1. The number of amides is 1. The Bertz CT molecular complexity index is 989. The first-order chi connectivity index (χ1) is 13.5. The van der Waals surface area contributed by atoms with Crippen LogP contribution in [0.25, 0.3) is 11.4 Å². The molecule has 1 aromatic heterocycles. The second-order valence-electron chi connectivity index (χ2n) is 5.95. The molecule has 2 aromatic carbocycles. The fraction of sp³-hybridized carbons (Fsp3) is 0.211. The van der Waals surface area contributed by atoms with Gasteiger partial charge in [-0.3, -0.25) is 4.79 Å². The fourth-order valence-electron chi connectivity index (χ4n) is 2.60. The fourth-order valence-corrected chi connectivity index (χ4v) is 3.25. The van der Waals surface area contributed by atoms with Gasteiger partial charge < -0.3 is 20.6 Å². The topological polar surface area (TPSA) is 104 Å². The molecule has 1 amide bonds. The first-order valence-corrected chi connectivity index (χ1v) is 9.42. The van der Waals surface area contributed by atoms with E-state index in [1.807, 2.05) is 31.2 Å². The van der Waals surface area contributed by atoms with Crippen LogP contribution in [0.3, 0.4) is 0 Å². The lowest BCUT2D eigenvalue weighted by Gasteiger charge is -2.10. The van der Waals surface area contributed by atoms with Crippen molar-refractivity contribution < 1.29 is 14.3 Å². The van der Waals surface area contributed by atoms with Crippen LogP contribution in [0.5, 0.6) is 11.5 Å². The van der Waals surface area contributed by atoms with E-state index in [1.54, 1.807) is 32.4 Å². The van der Waals surface area contributed by atoms with E-state index in [1.165, 1.54) is 16.4 Å². The molecule has 0 aliphatic rings. The zero-order chi connectivity index (χ0) is 20.1. The maximum Gasteiger partial charge on any atom is 0.234 e. The molecule has 0 radical (unpaired) electrons. The summed E-state index contributed by atoms with van der Waals surface area (Å²) < 4.78 is 11.8. The summed E-state index contributed by atoms with van der Waals surface area (Å²) in [5.74, 6) is 7.72. The molecule has 146 valence electrons. The lowest BCUT2D eigenvalue weighted by molar-refractivity contribution is -0.113. The van der Waals surface area contributed by atoms with Gasteiger partial charge in [0.05, 0.1) is 20.0 Å². The number of nitrogens with zero attached hydrogens (tertiary/aromatic N) is 3. The number of carbonyl (C=O) groups is 1. The Morgan fingerprint density at radius 2 is 1.93 bits per heavy atom. The number of methoxy groups -OCH3 is 2. The van der Waals surface area contributed by atoms with Gasteiger partial charge in [0.2, 0.25) is 11.1 Å². The number of benzene rings is 2. The summed E-state index contributed by atoms with van der Waals surface area (Å²) in [7, 11) is 3.10. The van der Waals surface area contributed by atoms with Gasteiger partial charge >= 0.3 is 0 Å². The molecule has 3 rings (SSSR count). The summed E-state index contributed by atoms with van der Waals surface area (Å²) in [6.45, 7) is 1.99. The quantitative estimate of drug-likeness (QED) is 0.465. The van der Waals surface area contributed by atoms with E-state index in [2.05, 4.69) is 15.5 Å². The molecular formula is C19H21N5O3S. The molecule has 0 saturated carbocycles. The number of nitrogens with two attached hydrogens (primary N) is 1. The Balaban J connectivity index is 1.64. The van der Waals surface area contributed by atoms with E-state index in [-0.39, 0.29) is 11.7 Å². The van der Waals surface area contributed by atoms with Gasteiger partial charge in [0.1, 0.15) is 0 Å². The summed E-state index contributed by atoms with van der Waals surface area (Å²) in [6.07, 6.45) is 0. The first kappa shape index (κ1) is 19.6. The van der Waals surface area contributed by atoms with Gasteiger partial charge in [0.25, 0.3) is 0 Å². The number of aromatic nitrogens is 3. The third kappa shape index (κ3) is 4.37. The molecule has 1 heterocycles. The molecule has 0 bridgehead atoms. The molecule has 3 aromatic rings. The highest BCUT2D eigenvalue weighted by Gasteiger charge is 2.14. The Labute approximate surface area is 167 Å². The minimum atomic E-state index is -0.197. The monoisotopic (exact) mass is 399 g/mol. The average Bonchev–Trinajstić information content (AvgIpc) is 3.06. The largest absolute Gasteiger partial charge is 0.493 e. The van der Waals surface area contributed by atoms with Gasteiger partial charge in [-0.25, -0.2) is 4.68 Å². The molecule has 28 heavy (non-hydrogen) atoms. The Kier molecular flexibility index (Phi) is 6.05. The number of ether oxygens (including phenoxy) is 2. The van der Waals surface area contributed by atoms with E-state index in [0.717, 1.165) is 11.1 Å². The van der Waals surface area contributed by atoms with Crippen LogP contribution < -0.4 is 20.6 Å². The van der Waals surface area contributed by atoms with Crippen molar-refractivity contribution >= 4 is 23.4 Å². The first-order valence-electron chi connectivity index (χ1n) is 8.44. The number of rotatable bonds is 7. The second-order valence-corrected chi connectivity index (χ2v) is 6.89. The van der Waals surface area contributed by atoms with E-state index in [0.29, 0.717) is 28.2 Å². The SMILES string of the molecule is COc1ccc(NC(=O)CSc2nnc(-c3cccc(C)c3)n2N)cc1OC. The molecule has 8 nitrogen and oxygen atoms in total. The smallest absolute Gasteiger partial charge is 0.234 e. The molecular weight excluding hydrogens is 378 g/mol. The van der Waals surface area contributed by atoms with Gasteiger partial charge in [-0.05, 0) is 25.1 Å². The van der Waals surface area contributed by atoms with Crippen molar-refractivity contribution in [3.63, 3.8) is 0 Å². The number of aryl methyl sites for hydroxylation is 1. The molecule has 0 unspecified atom stereocenters. The molecule has 9 heteroatoms.